The molecule has 3 aromatic rings. The standard InChI is InChI=1S/C19H25N5OS/c1-4-6-7-10-23(5-2)19(25)14-11-16(20)24-17(12-14)21-18(22-24)15-9-8-13(3)26-15/h8-9,11-12H,4-7,10,20H2,1-3H3. The molecule has 0 saturated carbocycles. The van der Waals surface area contributed by atoms with Gasteiger partial charge in [0.25, 0.3) is 5.91 Å². The number of aromatic nitrogens is 3. The Kier molecular flexibility index (Phi) is 5.56. The Morgan fingerprint density at radius 1 is 1.27 bits per heavy atom. The molecule has 0 saturated heterocycles. The summed E-state index contributed by atoms with van der Waals surface area (Å²) in [5, 5.41) is 4.49. The molecule has 0 atom stereocenters. The largest absolute Gasteiger partial charge is 0.384 e. The minimum Gasteiger partial charge on any atom is -0.384 e. The number of nitrogens with two attached hydrogens (primary N) is 1. The van der Waals surface area contributed by atoms with E-state index in [0.717, 1.165) is 30.7 Å². The summed E-state index contributed by atoms with van der Waals surface area (Å²) >= 11 is 1.64. The number of fused-ring (bicyclic) bond motifs is 1. The maximum atomic E-state index is 12.9. The lowest BCUT2D eigenvalue weighted by Crippen LogP contribution is -2.32. The second kappa shape index (κ2) is 7.86. The van der Waals surface area contributed by atoms with Gasteiger partial charge in [-0.3, -0.25) is 4.79 Å². The average molecular weight is 372 g/mol. The van der Waals surface area contributed by atoms with Gasteiger partial charge in [0.1, 0.15) is 5.82 Å². The van der Waals surface area contributed by atoms with Crippen LogP contribution in [0.4, 0.5) is 5.82 Å². The Balaban J connectivity index is 1.91. The van der Waals surface area contributed by atoms with Crippen LogP contribution in [0.5, 0.6) is 0 Å². The Labute approximate surface area is 157 Å². The van der Waals surface area contributed by atoms with E-state index in [1.807, 2.05) is 30.9 Å². The lowest BCUT2D eigenvalue weighted by molar-refractivity contribution is 0.0761. The molecule has 2 N–H and O–H groups in total. The smallest absolute Gasteiger partial charge is 0.254 e. The summed E-state index contributed by atoms with van der Waals surface area (Å²) in [6.07, 6.45) is 3.27. The minimum absolute atomic E-state index is 0.00526. The number of thiophene rings is 1. The summed E-state index contributed by atoms with van der Waals surface area (Å²) in [5.41, 5.74) is 7.31. The van der Waals surface area contributed by atoms with Gasteiger partial charge in [0.2, 0.25) is 0 Å². The van der Waals surface area contributed by atoms with E-state index in [1.54, 1.807) is 28.0 Å². The summed E-state index contributed by atoms with van der Waals surface area (Å²) in [6, 6.07) is 7.51. The van der Waals surface area contributed by atoms with E-state index in [2.05, 4.69) is 17.0 Å². The van der Waals surface area contributed by atoms with Crippen LogP contribution in [0.2, 0.25) is 0 Å². The molecule has 3 aromatic heterocycles. The third-order valence-electron chi connectivity index (χ3n) is 4.37. The molecule has 0 aliphatic carbocycles. The number of amides is 1. The first-order chi connectivity index (χ1) is 12.5. The van der Waals surface area contributed by atoms with Gasteiger partial charge >= 0.3 is 0 Å². The normalized spacial score (nSPS) is 11.2. The molecule has 0 aliphatic heterocycles. The topological polar surface area (TPSA) is 76.5 Å². The van der Waals surface area contributed by atoms with Crippen molar-refractivity contribution in [3.8, 4) is 10.7 Å². The van der Waals surface area contributed by atoms with Crippen LogP contribution in [0.15, 0.2) is 24.3 Å². The molecule has 0 radical (unpaired) electrons. The molecule has 0 aliphatic rings. The first-order valence-corrected chi connectivity index (χ1v) is 9.87. The summed E-state index contributed by atoms with van der Waals surface area (Å²) in [7, 11) is 0. The minimum atomic E-state index is -0.00526. The van der Waals surface area contributed by atoms with Crippen molar-refractivity contribution in [2.45, 2.75) is 40.0 Å². The zero-order valence-electron chi connectivity index (χ0n) is 15.5. The second-order valence-corrected chi connectivity index (χ2v) is 7.66. The van der Waals surface area contributed by atoms with Crippen LogP contribution in [0.3, 0.4) is 0 Å². The van der Waals surface area contributed by atoms with Gasteiger partial charge in [-0.2, -0.15) is 4.52 Å². The highest BCUT2D eigenvalue weighted by molar-refractivity contribution is 7.15. The Bertz CT molecular complexity index is 914. The molecule has 7 heteroatoms. The quantitative estimate of drug-likeness (QED) is 0.637. The van der Waals surface area contributed by atoms with Crippen molar-refractivity contribution in [1.82, 2.24) is 19.5 Å². The summed E-state index contributed by atoms with van der Waals surface area (Å²) < 4.78 is 1.59. The Morgan fingerprint density at radius 3 is 2.73 bits per heavy atom. The molecule has 1 amide bonds. The fourth-order valence-electron chi connectivity index (χ4n) is 2.93. The van der Waals surface area contributed by atoms with Crippen molar-refractivity contribution in [1.29, 1.82) is 0 Å². The lowest BCUT2D eigenvalue weighted by Gasteiger charge is -2.21. The molecule has 3 rings (SSSR count). The number of hydrogen-bond donors (Lipinski definition) is 1. The number of anilines is 1. The van der Waals surface area contributed by atoms with E-state index in [0.29, 0.717) is 29.4 Å². The number of carbonyl (C=O) groups is 1. The van der Waals surface area contributed by atoms with Crippen molar-refractivity contribution in [3.63, 3.8) is 0 Å². The van der Waals surface area contributed by atoms with Gasteiger partial charge in [0.15, 0.2) is 11.5 Å². The Morgan fingerprint density at radius 2 is 2.08 bits per heavy atom. The van der Waals surface area contributed by atoms with E-state index >= 15 is 0 Å². The van der Waals surface area contributed by atoms with Crippen LogP contribution < -0.4 is 5.73 Å². The summed E-state index contributed by atoms with van der Waals surface area (Å²) in [6.45, 7) is 7.65. The van der Waals surface area contributed by atoms with Crippen LogP contribution in [-0.4, -0.2) is 38.5 Å². The van der Waals surface area contributed by atoms with Crippen LogP contribution >= 0.6 is 11.3 Å². The van der Waals surface area contributed by atoms with Crippen LogP contribution in [0.25, 0.3) is 16.3 Å². The Hall–Kier alpha value is -2.41. The molecule has 0 fully saturated rings. The van der Waals surface area contributed by atoms with E-state index in [9.17, 15) is 4.79 Å². The van der Waals surface area contributed by atoms with Gasteiger partial charge in [-0.25, -0.2) is 4.98 Å². The highest BCUT2D eigenvalue weighted by Crippen LogP contribution is 2.26. The molecular weight excluding hydrogens is 346 g/mol. The van der Waals surface area contributed by atoms with Crippen molar-refractivity contribution in [3.05, 3.63) is 34.7 Å². The number of nitrogens with zero attached hydrogens (tertiary/aromatic N) is 4. The molecule has 0 spiro atoms. The van der Waals surface area contributed by atoms with E-state index in [1.165, 1.54) is 4.88 Å². The van der Waals surface area contributed by atoms with Gasteiger partial charge in [-0.05, 0) is 44.5 Å². The van der Waals surface area contributed by atoms with E-state index in [4.69, 9.17) is 5.73 Å². The predicted molar refractivity (Wildman–Crippen MR) is 107 cm³/mol. The molecule has 0 aromatic carbocycles. The van der Waals surface area contributed by atoms with Crippen LogP contribution in [0, 0.1) is 6.92 Å². The molecule has 0 unspecified atom stereocenters. The molecule has 0 bridgehead atoms. The monoisotopic (exact) mass is 371 g/mol. The van der Waals surface area contributed by atoms with Gasteiger partial charge < -0.3 is 10.6 Å². The van der Waals surface area contributed by atoms with Gasteiger partial charge in [0, 0.05) is 23.5 Å². The number of carbonyl (C=O) groups excluding carboxylic acids is 1. The first kappa shape index (κ1) is 18.4. The number of rotatable bonds is 7. The van der Waals surface area contributed by atoms with Crippen LogP contribution in [0.1, 0.15) is 48.3 Å². The van der Waals surface area contributed by atoms with Gasteiger partial charge in [0.05, 0.1) is 4.88 Å². The van der Waals surface area contributed by atoms with Crippen molar-refractivity contribution < 1.29 is 4.79 Å². The highest BCUT2D eigenvalue weighted by Gasteiger charge is 2.18. The summed E-state index contributed by atoms with van der Waals surface area (Å²) in [5.74, 6) is 1.05. The third kappa shape index (κ3) is 3.72. The number of nitrogen functional groups attached to an aromatic ring is 1. The lowest BCUT2D eigenvalue weighted by atomic mass is 10.2. The molecular formula is C19H25N5OS. The van der Waals surface area contributed by atoms with E-state index < -0.39 is 0 Å². The predicted octanol–water partition coefficient (Wildman–Crippen LogP) is 4.00. The zero-order valence-corrected chi connectivity index (χ0v) is 16.3. The SMILES string of the molecule is CCCCCN(CC)C(=O)c1cc(N)n2nc(-c3ccc(C)s3)nc2c1. The van der Waals surface area contributed by atoms with Gasteiger partial charge in [-0.1, -0.05) is 19.8 Å². The van der Waals surface area contributed by atoms with Crippen molar-refractivity contribution >= 4 is 28.7 Å². The average Bonchev–Trinajstić information content (AvgIpc) is 3.24. The number of unbranched alkanes of at least 4 members (excludes halogenated alkanes) is 2. The number of aryl methyl sites for hydroxylation is 1. The molecule has 26 heavy (non-hydrogen) atoms. The molecule has 3 heterocycles. The first-order valence-electron chi connectivity index (χ1n) is 9.05. The maximum Gasteiger partial charge on any atom is 0.254 e. The molecule has 6 nitrogen and oxygen atoms in total. The van der Waals surface area contributed by atoms with E-state index in [-0.39, 0.29) is 5.91 Å². The van der Waals surface area contributed by atoms with Crippen LogP contribution in [-0.2, 0) is 0 Å². The van der Waals surface area contributed by atoms with Crippen molar-refractivity contribution in [2.75, 3.05) is 18.8 Å². The van der Waals surface area contributed by atoms with Gasteiger partial charge in [-0.15, -0.1) is 16.4 Å². The fourth-order valence-corrected chi connectivity index (χ4v) is 3.73. The fraction of sp³-hybridized carbons (Fsp3) is 0.421. The zero-order chi connectivity index (χ0) is 18.7. The highest BCUT2D eigenvalue weighted by atomic mass is 32.1. The third-order valence-corrected chi connectivity index (χ3v) is 5.37. The maximum absolute atomic E-state index is 12.9. The molecule has 138 valence electrons. The van der Waals surface area contributed by atoms with Crippen molar-refractivity contribution in [2.24, 2.45) is 0 Å². The number of hydrogen-bond acceptors (Lipinski definition) is 5. The second-order valence-electron chi connectivity index (χ2n) is 6.38. The summed E-state index contributed by atoms with van der Waals surface area (Å²) in [4.78, 5) is 21.5. The number of pyridine rings is 1.